The van der Waals surface area contributed by atoms with Crippen molar-refractivity contribution in [3.63, 3.8) is 0 Å². The Kier molecular flexibility index (Phi) is 6.12. The Hall–Kier alpha value is -2.27. The molecule has 3 rings (SSSR count). The zero-order valence-corrected chi connectivity index (χ0v) is 14.8. The van der Waals surface area contributed by atoms with E-state index in [0.29, 0.717) is 6.54 Å². The lowest BCUT2D eigenvalue weighted by atomic mass is 10.1. The van der Waals surface area contributed by atoms with Crippen LogP contribution in [0.5, 0.6) is 0 Å². The van der Waals surface area contributed by atoms with Gasteiger partial charge >= 0.3 is 6.03 Å². The summed E-state index contributed by atoms with van der Waals surface area (Å²) < 4.78 is 5.62. The van der Waals surface area contributed by atoms with E-state index in [9.17, 15) is 4.79 Å². The third-order valence-corrected chi connectivity index (χ3v) is 4.81. The number of nitrogens with one attached hydrogen (secondary N) is 2. The van der Waals surface area contributed by atoms with Gasteiger partial charge in [-0.1, -0.05) is 36.8 Å². The van der Waals surface area contributed by atoms with Gasteiger partial charge in [0.25, 0.3) is 0 Å². The molecule has 2 unspecified atom stereocenters. The minimum absolute atomic E-state index is 0.0294. The zero-order valence-electron chi connectivity index (χ0n) is 14.8. The Morgan fingerprint density at radius 3 is 2.56 bits per heavy atom. The molecule has 1 aliphatic rings. The summed E-state index contributed by atoms with van der Waals surface area (Å²) in [6, 6.07) is 13.8. The molecular formula is C20H27N3O2. The maximum absolute atomic E-state index is 12.3. The van der Waals surface area contributed by atoms with E-state index in [1.807, 2.05) is 49.4 Å². The number of carbonyl (C=O) groups is 1. The molecule has 2 amide bonds. The highest BCUT2D eigenvalue weighted by molar-refractivity contribution is 5.74. The van der Waals surface area contributed by atoms with E-state index in [-0.39, 0.29) is 18.1 Å². The third-order valence-electron chi connectivity index (χ3n) is 4.81. The van der Waals surface area contributed by atoms with Crippen LogP contribution in [0.1, 0.15) is 49.6 Å². The van der Waals surface area contributed by atoms with Gasteiger partial charge in [-0.05, 0) is 50.6 Å². The molecule has 2 N–H and O–H groups in total. The molecule has 2 atom stereocenters. The van der Waals surface area contributed by atoms with E-state index in [2.05, 4.69) is 15.5 Å². The van der Waals surface area contributed by atoms with Crippen LogP contribution < -0.4 is 10.6 Å². The van der Waals surface area contributed by atoms with Gasteiger partial charge in [0.2, 0.25) is 0 Å². The summed E-state index contributed by atoms with van der Waals surface area (Å²) in [6.45, 7) is 4.63. The summed E-state index contributed by atoms with van der Waals surface area (Å²) in [6.07, 6.45) is 5.39. The van der Waals surface area contributed by atoms with Crippen LogP contribution in [0.15, 0.2) is 53.1 Å². The van der Waals surface area contributed by atoms with E-state index >= 15 is 0 Å². The molecule has 2 aromatic rings. The van der Waals surface area contributed by atoms with Gasteiger partial charge in [0.1, 0.15) is 5.76 Å². The first-order chi connectivity index (χ1) is 12.2. The predicted octanol–water partition coefficient (Wildman–Crippen LogP) is 3.87. The van der Waals surface area contributed by atoms with Gasteiger partial charge in [0.15, 0.2) is 0 Å². The van der Waals surface area contributed by atoms with Crippen molar-refractivity contribution in [1.82, 2.24) is 15.5 Å². The lowest BCUT2D eigenvalue weighted by Gasteiger charge is -2.33. The first kappa shape index (κ1) is 17.5. The Labute approximate surface area is 149 Å². The molecule has 1 aliphatic heterocycles. The second-order valence-electron chi connectivity index (χ2n) is 6.61. The lowest BCUT2D eigenvalue weighted by Crippen LogP contribution is -2.44. The fourth-order valence-electron chi connectivity index (χ4n) is 3.38. The minimum Gasteiger partial charge on any atom is -0.468 e. The molecular weight excluding hydrogens is 314 g/mol. The molecule has 0 bridgehead atoms. The zero-order chi connectivity index (χ0) is 17.5. The van der Waals surface area contributed by atoms with E-state index in [4.69, 9.17) is 4.42 Å². The van der Waals surface area contributed by atoms with Crippen molar-refractivity contribution in [2.75, 3.05) is 19.6 Å². The number of amides is 2. The molecule has 1 aromatic heterocycles. The fourth-order valence-corrected chi connectivity index (χ4v) is 3.38. The van der Waals surface area contributed by atoms with E-state index in [1.54, 1.807) is 6.26 Å². The van der Waals surface area contributed by atoms with Gasteiger partial charge in [-0.3, -0.25) is 4.90 Å². The second kappa shape index (κ2) is 8.72. The molecule has 1 fully saturated rings. The monoisotopic (exact) mass is 341 g/mol. The van der Waals surface area contributed by atoms with Gasteiger partial charge in [-0.2, -0.15) is 0 Å². The van der Waals surface area contributed by atoms with Crippen molar-refractivity contribution in [2.45, 2.75) is 38.3 Å². The number of rotatable bonds is 6. The summed E-state index contributed by atoms with van der Waals surface area (Å²) in [7, 11) is 0. The Bertz CT molecular complexity index is 636. The highest BCUT2D eigenvalue weighted by atomic mass is 16.3. The molecule has 0 aliphatic carbocycles. The van der Waals surface area contributed by atoms with Gasteiger partial charge in [0, 0.05) is 6.54 Å². The van der Waals surface area contributed by atoms with E-state index in [0.717, 1.165) is 24.4 Å². The van der Waals surface area contributed by atoms with Gasteiger partial charge in [0.05, 0.1) is 18.3 Å². The number of carbonyl (C=O) groups excluding carboxylic acids is 1. The van der Waals surface area contributed by atoms with Crippen LogP contribution in [0.2, 0.25) is 0 Å². The Morgan fingerprint density at radius 2 is 1.88 bits per heavy atom. The molecule has 1 saturated heterocycles. The van der Waals surface area contributed by atoms with Gasteiger partial charge < -0.3 is 15.1 Å². The van der Waals surface area contributed by atoms with Crippen molar-refractivity contribution in [3.8, 4) is 0 Å². The van der Waals surface area contributed by atoms with Crippen LogP contribution in [0.3, 0.4) is 0 Å². The minimum atomic E-state index is -0.148. The average molecular weight is 341 g/mol. The highest BCUT2D eigenvalue weighted by Gasteiger charge is 2.25. The van der Waals surface area contributed by atoms with Gasteiger partial charge in [-0.25, -0.2) is 4.79 Å². The molecule has 1 aromatic carbocycles. The van der Waals surface area contributed by atoms with Crippen LogP contribution in [0.25, 0.3) is 0 Å². The normalized spacial score (nSPS) is 17.6. The summed E-state index contributed by atoms with van der Waals surface area (Å²) >= 11 is 0. The molecule has 2 heterocycles. The van der Waals surface area contributed by atoms with Gasteiger partial charge in [-0.15, -0.1) is 0 Å². The third kappa shape index (κ3) is 4.86. The number of hydrogen-bond donors (Lipinski definition) is 2. The second-order valence-corrected chi connectivity index (χ2v) is 6.61. The molecule has 0 saturated carbocycles. The number of urea groups is 1. The molecule has 5 heteroatoms. The van der Waals surface area contributed by atoms with E-state index in [1.165, 1.54) is 19.3 Å². The first-order valence-corrected chi connectivity index (χ1v) is 9.11. The molecule has 5 nitrogen and oxygen atoms in total. The average Bonchev–Trinajstić information content (AvgIpc) is 3.18. The molecule has 134 valence electrons. The van der Waals surface area contributed by atoms with Crippen molar-refractivity contribution < 1.29 is 9.21 Å². The molecule has 25 heavy (non-hydrogen) atoms. The largest absolute Gasteiger partial charge is 0.468 e. The Balaban J connectivity index is 1.56. The van der Waals surface area contributed by atoms with Crippen molar-refractivity contribution >= 4 is 6.03 Å². The quantitative estimate of drug-likeness (QED) is 0.839. The van der Waals surface area contributed by atoms with Crippen LogP contribution >= 0.6 is 0 Å². The summed E-state index contributed by atoms with van der Waals surface area (Å²) in [4.78, 5) is 14.7. The van der Waals surface area contributed by atoms with Crippen LogP contribution in [0.4, 0.5) is 4.79 Å². The summed E-state index contributed by atoms with van der Waals surface area (Å²) in [5, 5.41) is 6.02. The number of piperidine rings is 1. The lowest BCUT2D eigenvalue weighted by molar-refractivity contribution is 0.143. The maximum atomic E-state index is 12.3. The molecule has 0 radical (unpaired) electrons. The first-order valence-electron chi connectivity index (χ1n) is 9.11. The SMILES string of the molecule is CC(NC(=O)NCC(c1ccco1)N1CCCCC1)c1ccccc1. The van der Waals surface area contributed by atoms with E-state index < -0.39 is 0 Å². The summed E-state index contributed by atoms with van der Waals surface area (Å²) in [5.74, 6) is 0.915. The van der Waals surface area contributed by atoms with Crippen LogP contribution in [-0.2, 0) is 0 Å². The highest BCUT2D eigenvalue weighted by Crippen LogP contribution is 2.24. The van der Waals surface area contributed by atoms with Crippen LogP contribution in [-0.4, -0.2) is 30.6 Å². The van der Waals surface area contributed by atoms with Crippen LogP contribution in [0, 0.1) is 0 Å². The number of nitrogens with zero attached hydrogens (tertiary/aromatic N) is 1. The fraction of sp³-hybridized carbons (Fsp3) is 0.450. The Morgan fingerprint density at radius 1 is 1.12 bits per heavy atom. The number of furan rings is 1. The maximum Gasteiger partial charge on any atom is 0.315 e. The topological polar surface area (TPSA) is 57.5 Å². The summed E-state index contributed by atoms with van der Waals surface area (Å²) in [5.41, 5.74) is 1.09. The predicted molar refractivity (Wildman–Crippen MR) is 98.3 cm³/mol. The number of benzene rings is 1. The smallest absolute Gasteiger partial charge is 0.315 e. The standard InChI is InChI=1S/C20H27N3O2/c1-16(17-9-4-2-5-10-17)22-20(24)21-15-18(19-11-8-14-25-19)23-12-6-3-7-13-23/h2,4-5,8-11,14,16,18H,3,6-7,12-13,15H2,1H3,(H2,21,22,24). The van der Waals surface area contributed by atoms with Crippen molar-refractivity contribution in [2.24, 2.45) is 0 Å². The van der Waals surface area contributed by atoms with Crippen molar-refractivity contribution in [3.05, 3.63) is 60.1 Å². The number of hydrogen-bond acceptors (Lipinski definition) is 3. The molecule has 0 spiro atoms. The number of likely N-dealkylation sites (tertiary alicyclic amines) is 1. The van der Waals surface area contributed by atoms with Crippen molar-refractivity contribution in [1.29, 1.82) is 0 Å².